The maximum atomic E-state index is 11.7. The lowest BCUT2D eigenvalue weighted by Gasteiger charge is -2.34. The highest BCUT2D eigenvalue weighted by atomic mass is 16.6. The fourth-order valence-corrected chi connectivity index (χ4v) is 1.62. The molecule has 18 heavy (non-hydrogen) atoms. The first-order valence-corrected chi connectivity index (χ1v) is 6.28. The topological polar surface area (TPSA) is 75.6 Å². The summed E-state index contributed by atoms with van der Waals surface area (Å²) in [4.78, 5) is 23.0. The molecule has 0 heterocycles. The average molecular weight is 259 g/mol. The second-order valence-electron chi connectivity index (χ2n) is 5.78. The molecule has 0 aliphatic carbocycles. The molecule has 2 N–H and O–H groups in total. The number of carbonyl (C=O) groups excluding carboxylic acids is 1. The molecule has 0 radical (unpaired) electrons. The SMILES string of the molecule is CCC(C)(CC)[C@@H](NC(=O)OC(C)(C)C)C(=O)O. The van der Waals surface area contributed by atoms with Crippen LogP contribution in [0.4, 0.5) is 4.79 Å². The number of ether oxygens (including phenoxy) is 1. The van der Waals surface area contributed by atoms with Crippen LogP contribution in [-0.2, 0) is 9.53 Å². The minimum Gasteiger partial charge on any atom is -0.480 e. The molecular weight excluding hydrogens is 234 g/mol. The van der Waals surface area contributed by atoms with Gasteiger partial charge in [0.05, 0.1) is 0 Å². The van der Waals surface area contributed by atoms with E-state index in [2.05, 4.69) is 5.32 Å². The minimum absolute atomic E-state index is 0.483. The van der Waals surface area contributed by atoms with Crippen molar-refractivity contribution in [3.05, 3.63) is 0 Å². The minimum atomic E-state index is -1.04. The van der Waals surface area contributed by atoms with Crippen molar-refractivity contribution in [2.75, 3.05) is 0 Å². The fraction of sp³-hybridized carbons (Fsp3) is 0.846. The molecule has 0 bridgehead atoms. The lowest BCUT2D eigenvalue weighted by Crippen LogP contribution is -2.52. The van der Waals surface area contributed by atoms with E-state index in [0.29, 0.717) is 12.8 Å². The third-order valence-electron chi connectivity index (χ3n) is 3.22. The van der Waals surface area contributed by atoms with Gasteiger partial charge in [0.15, 0.2) is 0 Å². The van der Waals surface area contributed by atoms with Crippen LogP contribution in [0.1, 0.15) is 54.4 Å². The molecule has 5 heteroatoms. The summed E-state index contributed by atoms with van der Waals surface area (Å²) in [6.45, 7) is 10.9. The Morgan fingerprint density at radius 2 is 1.61 bits per heavy atom. The van der Waals surface area contributed by atoms with Crippen LogP contribution in [0.5, 0.6) is 0 Å². The van der Waals surface area contributed by atoms with Crippen LogP contribution >= 0.6 is 0 Å². The Hall–Kier alpha value is -1.26. The Morgan fingerprint density at radius 3 is 1.89 bits per heavy atom. The summed E-state index contributed by atoms with van der Waals surface area (Å²) in [5, 5.41) is 11.7. The first kappa shape index (κ1) is 16.7. The average Bonchev–Trinajstić information content (AvgIpc) is 2.22. The van der Waals surface area contributed by atoms with Gasteiger partial charge in [-0.15, -0.1) is 0 Å². The Labute approximate surface area is 109 Å². The van der Waals surface area contributed by atoms with Gasteiger partial charge >= 0.3 is 12.1 Å². The lowest BCUT2D eigenvalue weighted by atomic mass is 9.77. The van der Waals surface area contributed by atoms with E-state index in [1.165, 1.54) is 0 Å². The van der Waals surface area contributed by atoms with Crippen LogP contribution in [-0.4, -0.2) is 28.8 Å². The zero-order valence-corrected chi connectivity index (χ0v) is 12.2. The quantitative estimate of drug-likeness (QED) is 0.796. The zero-order valence-electron chi connectivity index (χ0n) is 12.2. The largest absolute Gasteiger partial charge is 0.480 e. The molecule has 0 aliphatic heterocycles. The molecule has 0 aliphatic rings. The lowest BCUT2D eigenvalue weighted by molar-refractivity contribution is -0.143. The van der Waals surface area contributed by atoms with Crippen LogP contribution in [0.15, 0.2) is 0 Å². The number of hydrogen-bond donors (Lipinski definition) is 2. The van der Waals surface area contributed by atoms with Gasteiger partial charge in [0.1, 0.15) is 11.6 Å². The summed E-state index contributed by atoms with van der Waals surface area (Å²) >= 11 is 0. The molecule has 0 saturated carbocycles. The van der Waals surface area contributed by atoms with Crippen LogP contribution in [0.25, 0.3) is 0 Å². The number of hydrogen-bond acceptors (Lipinski definition) is 3. The van der Waals surface area contributed by atoms with Gasteiger partial charge in [0.2, 0.25) is 0 Å². The van der Waals surface area contributed by atoms with Gasteiger partial charge in [0, 0.05) is 0 Å². The van der Waals surface area contributed by atoms with Gasteiger partial charge in [0.25, 0.3) is 0 Å². The Morgan fingerprint density at radius 1 is 1.17 bits per heavy atom. The molecule has 0 aromatic heterocycles. The summed E-state index contributed by atoms with van der Waals surface area (Å²) in [5.74, 6) is -1.04. The Kier molecular flexibility index (Phi) is 5.64. The number of alkyl carbamates (subject to hydrolysis) is 1. The number of aliphatic carboxylic acids is 1. The Balaban J connectivity index is 4.85. The van der Waals surface area contributed by atoms with Crippen molar-refractivity contribution in [1.82, 2.24) is 5.32 Å². The van der Waals surface area contributed by atoms with E-state index in [4.69, 9.17) is 4.74 Å². The van der Waals surface area contributed by atoms with E-state index in [9.17, 15) is 14.7 Å². The number of carbonyl (C=O) groups is 2. The fourth-order valence-electron chi connectivity index (χ4n) is 1.62. The van der Waals surface area contributed by atoms with E-state index in [0.717, 1.165) is 0 Å². The molecule has 0 aromatic carbocycles. The monoisotopic (exact) mass is 259 g/mol. The van der Waals surface area contributed by atoms with Crippen molar-refractivity contribution in [2.45, 2.75) is 66.0 Å². The van der Waals surface area contributed by atoms with E-state index < -0.39 is 29.1 Å². The number of carboxylic acids is 1. The van der Waals surface area contributed by atoms with Crippen LogP contribution in [0, 0.1) is 5.41 Å². The third kappa shape index (κ3) is 4.94. The smallest absolute Gasteiger partial charge is 0.408 e. The number of nitrogens with one attached hydrogen (secondary N) is 1. The number of carboxylic acid groups (broad SMARTS) is 1. The molecule has 0 fully saturated rings. The predicted molar refractivity (Wildman–Crippen MR) is 69.5 cm³/mol. The first-order chi connectivity index (χ1) is 8.05. The summed E-state index contributed by atoms with van der Waals surface area (Å²) in [5.41, 5.74) is -1.12. The van der Waals surface area contributed by atoms with E-state index in [1.54, 1.807) is 20.8 Å². The summed E-state index contributed by atoms with van der Waals surface area (Å²) in [6, 6.07) is -0.942. The highest BCUT2D eigenvalue weighted by Crippen LogP contribution is 2.30. The first-order valence-electron chi connectivity index (χ1n) is 6.28. The van der Waals surface area contributed by atoms with E-state index >= 15 is 0 Å². The second kappa shape index (κ2) is 6.07. The van der Waals surface area contributed by atoms with Crippen LogP contribution in [0.3, 0.4) is 0 Å². The highest BCUT2D eigenvalue weighted by molar-refractivity contribution is 5.80. The molecule has 106 valence electrons. The number of rotatable bonds is 5. The third-order valence-corrected chi connectivity index (χ3v) is 3.22. The van der Waals surface area contributed by atoms with Crippen molar-refractivity contribution < 1.29 is 19.4 Å². The summed E-state index contributed by atoms with van der Waals surface area (Å²) in [7, 11) is 0. The Bertz CT molecular complexity index is 303. The maximum Gasteiger partial charge on any atom is 0.408 e. The van der Waals surface area contributed by atoms with Crippen LogP contribution in [0.2, 0.25) is 0 Å². The van der Waals surface area contributed by atoms with Gasteiger partial charge in [-0.2, -0.15) is 0 Å². The highest BCUT2D eigenvalue weighted by Gasteiger charge is 2.38. The maximum absolute atomic E-state index is 11.7. The summed E-state index contributed by atoms with van der Waals surface area (Å²) < 4.78 is 5.09. The van der Waals surface area contributed by atoms with Gasteiger partial charge < -0.3 is 15.2 Å². The van der Waals surface area contributed by atoms with Crippen LogP contribution < -0.4 is 5.32 Å². The number of amides is 1. The second-order valence-corrected chi connectivity index (χ2v) is 5.78. The molecule has 0 saturated heterocycles. The van der Waals surface area contributed by atoms with Crippen molar-refractivity contribution in [3.63, 3.8) is 0 Å². The molecule has 5 nitrogen and oxygen atoms in total. The molecule has 1 amide bonds. The van der Waals surface area contributed by atoms with Crippen molar-refractivity contribution in [1.29, 1.82) is 0 Å². The van der Waals surface area contributed by atoms with Gasteiger partial charge in [-0.25, -0.2) is 9.59 Å². The van der Waals surface area contributed by atoms with Crippen molar-refractivity contribution in [3.8, 4) is 0 Å². The van der Waals surface area contributed by atoms with Crippen molar-refractivity contribution >= 4 is 12.1 Å². The standard InChI is InChI=1S/C13H25NO4/c1-7-13(6,8-2)9(10(15)16)14-11(17)18-12(3,4)5/h9H,7-8H2,1-6H3,(H,14,17)(H,15,16)/t9-/m0/s1. The summed E-state index contributed by atoms with van der Waals surface area (Å²) in [6.07, 6.45) is 0.634. The molecule has 0 aromatic rings. The van der Waals surface area contributed by atoms with E-state index in [1.807, 2.05) is 20.8 Å². The van der Waals surface area contributed by atoms with Gasteiger partial charge in [-0.3, -0.25) is 0 Å². The molecule has 1 atom stereocenters. The molecular formula is C13H25NO4. The predicted octanol–water partition coefficient (Wildman–Crippen LogP) is 2.79. The molecule has 0 unspecified atom stereocenters. The van der Waals surface area contributed by atoms with Gasteiger partial charge in [-0.1, -0.05) is 20.8 Å². The van der Waals surface area contributed by atoms with Crippen molar-refractivity contribution in [2.24, 2.45) is 5.41 Å². The zero-order chi connectivity index (χ0) is 14.6. The molecule has 0 rings (SSSR count). The normalized spacial score (nSPS) is 13.9. The van der Waals surface area contributed by atoms with E-state index in [-0.39, 0.29) is 0 Å². The molecule has 0 spiro atoms. The van der Waals surface area contributed by atoms with Gasteiger partial charge in [-0.05, 0) is 39.0 Å².